The van der Waals surface area contributed by atoms with E-state index in [1.807, 2.05) is 0 Å². The molecule has 166 valence electrons. The molecule has 3 N–H and O–H groups in total. The fraction of sp³-hybridized carbons (Fsp3) is 0.550. The minimum atomic E-state index is -1.96. The summed E-state index contributed by atoms with van der Waals surface area (Å²) < 4.78 is 18.6. The Balaban J connectivity index is 2.13. The second kappa shape index (κ2) is 8.49. The third-order valence-corrected chi connectivity index (χ3v) is 5.03. The summed E-state index contributed by atoms with van der Waals surface area (Å²) >= 11 is 0. The van der Waals surface area contributed by atoms with Crippen molar-refractivity contribution in [3.8, 4) is 0 Å². The van der Waals surface area contributed by atoms with Crippen LogP contribution in [0, 0.1) is 18.4 Å². The van der Waals surface area contributed by atoms with Gasteiger partial charge in [-0.1, -0.05) is 27.7 Å². The van der Waals surface area contributed by atoms with Gasteiger partial charge >= 0.3 is 17.7 Å². The van der Waals surface area contributed by atoms with Crippen molar-refractivity contribution in [1.29, 1.82) is 0 Å². The number of fused-ring (bicyclic) bond motifs is 1. The summed E-state index contributed by atoms with van der Waals surface area (Å²) in [5.74, 6) is -1.97. The number of esters is 2. The number of aromatic nitrogens is 3. The van der Waals surface area contributed by atoms with E-state index in [-0.39, 0.29) is 5.82 Å². The molecular weight excluding hydrogens is 406 g/mol. The molecule has 0 spiro atoms. The number of aliphatic hydroxyl groups excluding tert-OH is 1. The molecule has 11 heteroatoms. The largest absolute Gasteiger partial charge is 0.454 e. The van der Waals surface area contributed by atoms with Crippen molar-refractivity contribution in [1.82, 2.24) is 14.6 Å². The van der Waals surface area contributed by atoms with Gasteiger partial charge in [0, 0.05) is 0 Å². The van der Waals surface area contributed by atoms with E-state index in [1.54, 1.807) is 39.8 Å². The summed E-state index contributed by atoms with van der Waals surface area (Å²) in [6.45, 7) is 13.4. The topological polar surface area (TPSA) is 143 Å². The molecule has 0 radical (unpaired) electrons. The Bertz CT molecular complexity index is 1030. The van der Waals surface area contributed by atoms with Crippen molar-refractivity contribution in [2.24, 2.45) is 11.8 Å². The second-order valence-corrected chi connectivity index (χ2v) is 7.92. The highest BCUT2D eigenvalue weighted by Crippen LogP contribution is 2.45. The number of nitrogens with two attached hydrogens (primary N) is 1. The Morgan fingerprint density at radius 3 is 2.52 bits per heavy atom. The van der Waals surface area contributed by atoms with Crippen LogP contribution in [-0.2, 0) is 23.8 Å². The first-order valence-corrected chi connectivity index (χ1v) is 9.81. The van der Waals surface area contributed by atoms with Crippen LogP contribution in [0.15, 0.2) is 18.5 Å². The molecule has 3 heterocycles. The minimum Gasteiger partial charge on any atom is -0.454 e. The maximum atomic E-state index is 12.5. The van der Waals surface area contributed by atoms with Gasteiger partial charge in [0.25, 0.3) is 0 Å². The molecule has 4 atom stereocenters. The molecule has 2 aromatic heterocycles. The van der Waals surface area contributed by atoms with Crippen LogP contribution in [0.5, 0.6) is 0 Å². The van der Waals surface area contributed by atoms with E-state index in [0.717, 1.165) is 0 Å². The Labute approximate surface area is 178 Å². The number of aliphatic hydroxyl groups is 1. The van der Waals surface area contributed by atoms with Crippen molar-refractivity contribution in [3.63, 3.8) is 0 Å². The summed E-state index contributed by atoms with van der Waals surface area (Å²) in [4.78, 5) is 32.2. The number of carbonyl (C=O) groups excluding carboxylic acids is 2. The molecule has 1 aliphatic rings. The Morgan fingerprint density at radius 2 is 1.94 bits per heavy atom. The number of nitrogens with zero attached hydrogens (tertiary/aromatic N) is 4. The van der Waals surface area contributed by atoms with Gasteiger partial charge in [-0.2, -0.15) is 5.10 Å². The summed E-state index contributed by atoms with van der Waals surface area (Å²) in [6, 6.07) is 3.29. The first-order chi connectivity index (χ1) is 14.6. The quantitative estimate of drug-likeness (QED) is 0.508. The molecule has 3 rings (SSSR count). The Hall–Kier alpha value is -3.23. The lowest BCUT2D eigenvalue weighted by atomic mass is 10.0. The fourth-order valence-electron chi connectivity index (χ4n) is 3.25. The van der Waals surface area contributed by atoms with E-state index >= 15 is 0 Å². The van der Waals surface area contributed by atoms with Gasteiger partial charge in [-0.3, -0.25) is 19.2 Å². The first-order valence-electron chi connectivity index (χ1n) is 9.81. The van der Waals surface area contributed by atoms with E-state index in [1.165, 1.54) is 10.8 Å². The molecule has 1 fully saturated rings. The first kappa shape index (κ1) is 22.5. The zero-order valence-electron chi connectivity index (χ0n) is 17.7. The Kier molecular flexibility index (Phi) is 6.15. The molecule has 0 amide bonds. The highest BCUT2D eigenvalue weighted by Gasteiger charge is 2.66. The standard InChI is InChI=1S/C20H25N5O6/c1-10(2)18(27)29-15-14(12-6-7-13-17(21)23-9-24-25(12)13)31-20(8-26,22-5)16(15)30-19(28)11(3)4/h6-7,9-11,14-16,26H,8H2,1-4H3,(H2,21,23,24)/t14-,15-,16-,20+/m0/s1. The monoisotopic (exact) mass is 431 g/mol. The SMILES string of the molecule is [C-]#[N+][C@]1(CO)O[C@@H](c2ccc3c(N)ncnn23)[C@H](OC(=O)C(C)C)[C@@H]1OC(=O)C(C)C. The molecule has 0 saturated carbocycles. The summed E-state index contributed by atoms with van der Waals surface area (Å²) in [5, 5.41) is 14.2. The maximum absolute atomic E-state index is 12.5. The van der Waals surface area contributed by atoms with Crippen molar-refractivity contribution < 1.29 is 28.9 Å². The van der Waals surface area contributed by atoms with E-state index in [9.17, 15) is 14.7 Å². The predicted octanol–water partition coefficient (Wildman–Crippen LogP) is 1.13. The van der Waals surface area contributed by atoms with E-state index in [2.05, 4.69) is 14.9 Å². The molecule has 2 aromatic rings. The van der Waals surface area contributed by atoms with Gasteiger partial charge in [0.1, 0.15) is 17.9 Å². The van der Waals surface area contributed by atoms with Crippen LogP contribution in [0.3, 0.4) is 0 Å². The van der Waals surface area contributed by atoms with Crippen molar-refractivity contribution in [3.05, 3.63) is 35.6 Å². The summed E-state index contributed by atoms with van der Waals surface area (Å²) in [6.07, 6.45) is -2.37. The normalized spacial score (nSPS) is 25.7. The number of hydrogen-bond acceptors (Lipinski definition) is 9. The molecule has 1 saturated heterocycles. The van der Waals surface area contributed by atoms with Crippen LogP contribution >= 0.6 is 0 Å². The molecule has 0 aliphatic carbocycles. The molecule has 31 heavy (non-hydrogen) atoms. The predicted molar refractivity (Wildman–Crippen MR) is 107 cm³/mol. The van der Waals surface area contributed by atoms with E-state index < -0.39 is 54.4 Å². The van der Waals surface area contributed by atoms with Gasteiger partial charge in [0.15, 0.2) is 18.5 Å². The van der Waals surface area contributed by atoms with Gasteiger partial charge in [-0.15, -0.1) is 0 Å². The van der Waals surface area contributed by atoms with Crippen LogP contribution in [0.4, 0.5) is 5.82 Å². The van der Waals surface area contributed by atoms with Gasteiger partial charge in [0.2, 0.25) is 6.10 Å². The zero-order valence-corrected chi connectivity index (χ0v) is 17.7. The van der Waals surface area contributed by atoms with Crippen LogP contribution in [0.2, 0.25) is 0 Å². The number of nitrogen functional groups attached to an aromatic ring is 1. The van der Waals surface area contributed by atoms with Crippen LogP contribution in [0.1, 0.15) is 39.5 Å². The van der Waals surface area contributed by atoms with Crippen LogP contribution < -0.4 is 5.73 Å². The number of ether oxygens (including phenoxy) is 3. The van der Waals surface area contributed by atoms with Crippen molar-refractivity contribution in [2.75, 3.05) is 12.3 Å². The molecular formula is C20H25N5O6. The number of hydrogen-bond donors (Lipinski definition) is 2. The smallest absolute Gasteiger partial charge is 0.401 e. The molecule has 11 nitrogen and oxygen atoms in total. The van der Waals surface area contributed by atoms with Crippen LogP contribution in [0.25, 0.3) is 10.4 Å². The highest BCUT2D eigenvalue weighted by molar-refractivity contribution is 5.73. The Morgan fingerprint density at radius 1 is 1.29 bits per heavy atom. The third-order valence-electron chi connectivity index (χ3n) is 5.03. The lowest BCUT2D eigenvalue weighted by molar-refractivity contribution is -0.174. The lowest BCUT2D eigenvalue weighted by Gasteiger charge is -2.25. The minimum absolute atomic E-state index is 0.219. The average molecular weight is 431 g/mol. The molecule has 0 aromatic carbocycles. The number of carbonyl (C=O) groups is 2. The summed E-state index contributed by atoms with van der Waals surface area (Å²) in [7, 11) is 0. The zero-order chi connectivity index (χ0) is 22.9. The van der Waals surface area contributed by atoms with Crippen LogP contribution in [-0.4, -0.2) is 56.2 Å². The van der Waals surface area contributed by atoms with Crippen molar-refractivity contribution >= 4 is 23.3 Å². The van der Waals surface area contributed by atoms with Gasteiger partial charge in [0.05, 0.1) is 17.5 Å². The molecule has 0 unspecified atom stereocenters. The average Bonchev–Trinajstić information content (AvgIpc) is 3.29. The van der Waals surface area contributed by atoms with Gasteiger partial charge < -0.3 is 20.3 Å². The molecule has 1 aliphatic heterocycles. The van der Waals surface area contributed by atoms with E-state index in [4.69, 9.17) is 26.5 Å². The third kappa shape index (κ3) is 3.92. The lowest BCUT2D eigenvalue weighted by Crippen LogP contribution is -2.48. The van der Waals surface area contributed by atoms with Gasteiger partial charge in [-0.25, -0.2) is 16.1 Å². The highest BCUT2D eigenvalue weighted by atomic mass is 16.7. The number of anilines is 1. The summed E-state index contributed by atoms with van der Waals surface area (Å²) in [5.41, 5.74) is 4.82. The van der Waals surface area contributed by atoms with E-state index in [0.29, 0.717) is 11.2 Å². The van der Waals surface area contributed by atoms with Crippen molar-refractivity contribution in [2.45, 2.75) is 51.7 Å². The molecule has 0 bridgehead atoms. The van der Waals surface area contributed by atoms with Gasteiger partial charge in [-0.05, 0) is 12.1 Å². The second-order valence-electron chi connectivity index (χ2n) is 7.92. The maximum Gasteiger partial charge on any atom is 0.401 e. The number of rotatable bonds is 6. The fourth-order valence-corrected chi connectivity index (χ4v) is 3.25.